The molecule has 1 N–H and O–H groups in total. The van der Waals surface area contributed by atoms with Gasteiger partial charge in [-0.1, -0.05) is 0 Å². The van der Waals surface area contributed by atoms with Gasteiger partial charge in [-0.2, -0.15) is 5.10 Å². The number of hydrogen-bond acceptors (Lipinski definition) is 5. The molecule has 0 aromatic carbocycles. The normalized spacial score (nSPS) is 22.7. The van der Waals surface area contributed by atoms with Gasteiger partial charge >= 0.3 is 0 Å². The van der Waals surface area contributed by atoms with E-state index in [0.717, 1.165) is 0 Å². The minimum absolute atomic E-state index is 0.0133. The number of rotatable bonds is 4. The van der Waals surface area contributed by atoms with Gasteiger partial charge in [0.1, 0.15) is 0 Å². The van der Waals surface area contributed by atoms with Crippen molar-refractivity contribution in [3.63, 3.8) is 0 Å². The van der Waals surface area contributed by atoms with E-state index in [4.69, 9.17) is 0 Å². The quantitative estimate of drug-likeness (QED) is 0.750. The van der Waals surface area contributed by atoms with E-state index >= 15 is 0 Å². The fourth-order valence-electron chi connectivity index (χ4n) is 1.89. The molecular weight excluding hydrogens is 242 g/mol. The van der Waals surface area contributed by atoms with Crippen molar-refractivity contribution in [1.29, 1.82) is 0 Å². The highest BCUT2D eigenvalue weighted by molar-refractivity contribution is 7.91. The first-order valence-corrected chi connectivity index (χ1v) is 7.35. The molecule has 1 aromatic heterocycles. The lowest BCUT2D eigenvalue weighted by molar-refractivity contribution is 0.487. The minimum Gasteiger partial charge on any atom is -0.311 e. The molecule has 1 aliphatic heterocycles. The summed E-state index contributed by atoms with van der Waals surface area (Å²) in [4.78, 5) is 11.3. The van der Waals surface area contributed by atoms with Crippen LogP contribution in [0.1, 0.15) is 6.42 Å². The first-order valence-electron chi connectivity index (χ1n) is 5.53. The molecule has 6 nitrogen and oxygen atoms in total. The summed E-state index contributed by atoms with van der Waals surface area (Å²) in [7, 11) is -2.85. The summed E-state index contributed by atoms with van der Waals surface area (Å²) < 4.78 is 23.8. The highest BCUT2D eigenvalue weighted by Crippen LogP contribution is 2.10. The van der Waals surface area contributed by atoms with E-state index in [-0.39, 0.29) is 23.1 Å². The Kier molecular flexibility index (Phi) is 3.58. The molecule has 1 atom stereocenters. The lowest BCUT2D eigenvalue weighted by Gasteiger charge is -2.10. The summed E-state index contributed by atoms with van der Waals surface area (Å²) in [6.07, 6.45) is 2.21. The van der Waals surface area contributed by atoms with E-state index in [1.54, 1.807) is 12.3 Å². The summed E-state index contributed by atoms with van der Waals surface area (Å²) in [6, 6.07) is 3.06. The molecule has 0 spiro atoms. The van der Waals surface area contributed by atoms with Crippen LogP contribution in [0.25, 0.3) is 0 Å². The zero-order valence-electron chi connectivity index (χ0n) is 9.37. The van der Waals surface area contributed by atoms with Gasteiger partial charge in [0.05, 0.1) is 18.1 Å². The molecule has 1 aliphatic rings. The van der Waals surface area contributed by atoms with Gasteiger partial charge < -0.3 is 5.32 Å². The third-order valence-corrected chi connectivity index (χ3v) is 4.54. The fourth-order valence-corrected chi connectivity index (χ4v) is 3.59. The first-order chi connectivity index (χ1) is 8.07. The van der Waals surface area contributed by atoms with Crippen LogP contribution in [-0.2, 0) is 16.4 Å². The molecule has 2 heterocycles. The topological polar surface area (TPSA) is 81.1 Å². The molecule has 17 heavy (non-hydrogen) atoms. The molecule has 0 saturated carbocycles. The summed E-state index contributed by atoms with van der Waals surface area (Å²) in [5, 5.41) is 7.05. The Balaban J connectivity index is 1.81. The highest BCUT2D eigenvalue weighted by atomic mass is 32.2. The van der Waals surface area contributed by atoms with E-state index in [0.29, 0.717) is 19.5 Å². The monoisotopic (exact) mass is 257 g/mol. The van der Waals surface area contributed by atoms with Crippen molar-refractivity contribution in [3.8, 4) is 0 Å². The largest absolute Gasteiger partial charge is 0.311 e. The van der Waals surface area contributed by atoms with Crippen molar-refractivity contribution in [2.45, 2.75) is 19.0 Å². The predicted octanol–water partition coefficient (Wildman–Crippen LogP) is -0.980. The van der Waals surface area contributed by atoms with Crippen LogP contribution in [0.2, 0.25) is 0 Å². The molecule has 2 rings (SSSR count). The zero-order chi connectivity index (χ0) is 12.3. The molecule has 7 heteroatoms. The molecule has 0 amide bonds. The lowest BCUT2D eigenvalue weighted by Crippen LogP contribution is -2.35. The van der Waals surface area contributed by atoms with Crippen LogP contribution in [0.4, 0.5) is 0 Å². The number of aromatic nitrogens is 2. The van der Waals surface area contributed by atoms with Crippen molar-refractivity contribution in [2.75, 3.05) is 18.1 Å². The van der Waals surface area contributed by atoms with Gasteiger partial charge in [0.25, 0.3) is 5.56 Å². The van der Waals surface area contributed by atoms with E-state index < -0.39 is 9.84 Å². The average molecular weight is 257 g/mol. The lowest BCUT2D eigenvalue weighted by atomic mass is 10.3. The van der Waals surface area contributed by atoms with Crippen LogP contribution < -0.4 is 10.9 Å². The number of sulfone groups is 1. The van der Waals surface area contributed by atoms with Gasteiger partial charge in [-0.05, 0) is 12.5 Å². The van der Waals surface area contributed by atoms with E-state index in [1.165, 1.54) is 10.7 Å². The summed E-state index contributed by atoms with van der Waals surface area (Å²) in [6.45, 7) is 1.01. The molecule has 1 aromatic rings. The van der Waals surface area contributed by atoms with Crippen LogP contribution in [0.3, 0.4) is 0 Å². The maximum Gasteiger partial charge on any atom is 0.266 e. The fraction of sp³-hybridized carbons (Fsp3) is 0.600. The SMILES string of the molecule is O=c1cccnn1CCNC1CCS(=O)(=O)C1. The van der Waals surface area contributed by atoms with Gasteiger partial charge in [-0.15, -0.1) is 0 Å². The molecule has 1 saturated heterocycles. The molecule has 0 bridgehead atoms. The summed E-state index contributed by atoms with van der Waals surface area (Å²) >= 11 is 0. The Labute approximate surface area is 99.6 Å². The van der Waals surface area contributed by atoms with Crippen molar-refractivity contribution < 1.29 is 8.42 Å². The van der Waals surface area contributed by atoms with Crippen molar-refractivity contribution >= 4 is 9.84 Å². The second-order valence-corrected chi connectivity index (χ2v) is 6.37. The van der Waals surface area contributed by atoms with Gasteiger partial charge in [-0.25, -0.2) is 13.1 Å². The Morgan fingerprint density at radius 3 is 3.00 bits per heavy atom. The maximum absolute atomic E-state index is 11.3. The van der Waals surface area contributed by atoms with Crippen LogP contribution in [0.5, 0.6) is 0 Å². The van der Waals surface area contributed by atoms with E-state index in [1.807, 2.05) is 0 Å². The second-order valence-electron chi connectivity index (χ2n) is 4.14. The van der Waals surface area contributed by atoms with Gasteiger partial charge in [0.2, 0.25) is 0 Å². The van der Waals surface area contributed by atoms with Crippen LogP contribution in [0, 0.1) is 0 Å². The van der Waals surface area contributed by atoms with Crippen molar-refractivity contribution in [2.24, 2.45) is 0 Å². The molecule has 94 valence electrons. The Morgan fingerprint density at radius 2 is 2.35 bits per heavy atom. The zero-order valence-corrected chi connectivity index (χ0v) is 10.2. The summed E-state index contributed by atoms with van der Waals surface area (Å²) in [5.74, 6) is 0.457. The smallest absolute Gasteiger partial charge is 0.266 e. The molecule has 1 fully saturated rings. The average Bonchev–Trinajstić information content (AvgIpc) is 2.61. The van der Waals surface area contributed by atoms with Gasteiger partial charge in [0, 0.05) is 24.8 Å². The van der Waals surface area contributed by atoms with E-state index in [2.05, 4.69) is 10.4 Å². The molecule has 1 unspecified atom stereocenters. The summed E-state index contributed by atoms with van der Waals surface area (Å²) in [5.41, 5.74) is -0.145. The molecule has 0 aliphatic carbocycles. The third-order valence-electron chi connectivity index (χ3n) is 2.77. The molecular formula is C10H15N3O3S. The van der Waals surface area contributed by atoms with Crippen LogP contribution in [0.15, 0.2) is 23.1 Å². The Hall–Kier alpha value is -1.21. The Bertz CT molecular complexity index is 538. The highest BCUT2D eigenvalue weighted by Gasteiger charge is 2.26. The van der Waals surface area contributed by atoms with Crippen molar-refractivity contribution in [1.82, 2.24) is 15.1 Å². The number of nitrogens with zero attached hydrogens (tertiary/aromatic N) is 2. The van der Waals surface area contributed by atoms with Crippen LogP contribution in [-0.4, -0.2) is 42.3 Å². The third kappa shape index (κ3) is 3.37. The number of nitrogens with one attached hydrogen (secondary N) is 1. The number of hydrogen-bond donors (Lipinski definition) is 1. The van der Waals surface area contributed by atoms with Gasteiger partial charge in [0.15, 0.2) is 9.84 Å². The van der Waals surface area contributed by atoms with Gasteiger partial charge in [-0.3, -0.25) is 4.79 Å². The van der Waals surface area contributed by atoms with Crippen molar-refractivity contribution in [3.05, 3.63) is 28.7 Å². The second kappa shape index (κ2) is 4.97. The molecule has 0 radical (unpaired) electrons. The standard InChI is InChI=1S/C10H15N3O3S/c14-10-2-1-4-12-13(10)6-5-11-9-3-7-17(15,16)8-9/h1-2,4,9,11H,3,5-8H2. The minimum atomic E-state index is -2.85. The Morgan fingerprint density at radius 1 is 1.53 bits per heavy atom. The predicted molar refractivity (Wildman–Crippen MR) is 63.6 cm³/mol. The van der Waals surface area contributed by atoms with Crippen LogP contribution >= 0.6 is 0 Å². The first kappa shape index (κ1) is 12.3. The van der Waals surface area contributed by atoms with E-state index in [9.17, 15) is 13.2 Å². The maximum atomic E-state index is 11.3.